The third kappa shape index (κ3) is 3.13. The van der Waals surface area contributed by atoms with Gasteiger partial charge < -0.3 is 15.5 Å². The summed E-state index contributed by atoms with van der Waals surface area (Å²) in [5.41, 5.74) is 2.54. The van der Waals surface area contributed by atoms with Crippen molar-refractivity contribution < 1.29 is 10.2 Å². The molecule has 0 aliphatic carbocycles. The summed E-state index contributed by atoms with van der Waals surface area (Å²) in [7, 11) is 0. The van der Waals surface area contributed by atoms with Crippen LogP contribution < -0.4 is 5.32 Å². The first-order chi connectivity index (χ1) is 9.11. The Hall–Kier alpha value is -1.85. The second-order valence-electron chi connectivity index (χ2n) is 4.08. The Morgan fingerprint density at radius 1 is 1.26 bits per heavy atom. The number of aromatic hydroxyl groups is 1. The van der Waals surface area contributed by atoms with Crippen LogP contribution in [0.4, 0.5) is 5.69 Å². The van der Waals surface area contributed by atoms with Gasteiger partial charge in [-0.1, -0.05) is 11.6 Å². The molecule has 19 heavy (non-hydrogen) atoms. The summed E-state index contributed by atoms with van der Waals surface area (Å²) >= 11 is 5.70. The van der Waals surface area contributed by atoms with Crippen molar-refractivity contribution in [1.29, 1.82) is 0 Å². The van der Waals surface area contributed by atoms with Crippen LogP contribution in [-0.2, 0) is 13.2 Å². The van der Waals surface area contributed by atoms with Crippen LogP contribution in [0.1, 0.15) is 16.8 Å². The van der Waals surface area contributed by atoms with Gasteiger partial charge in [-0.25, -0.2) is 4.98 Å². The molecule has 3 N–H and O–H groups in total. The van der Waals surface area contributed by atoms with Gasteiger partial charge in [0.05, 0.1) is 24.2 Å². The molecule has 0 bridgehead atoms. The fourth-order valence-electron chi connectivity index (χ4n) is 1.69. The van der Waals surface area contributed by atoms with Crippen molar-refractivity contribution in [2.24, 2.45) is 0 Å². The zero-order chi connectivity index (χ0) is 13.8. The van der Waals surface area contributed by atoms with Crippen molar-refractivity contribution in [3.63, 3.8) is 0 Å². The van der Waals surface area contributed by atoms with Crippen LogP contribution in [0.25, 0.3) is 0 Å². The van der Waals surface area contributed by atoms with Gasteiger partial charge in [-0.3, -0.25) is 4.98 Å². The Balaban J connectivity index is 2.19. The van der Waals surface area contributed by atoms with E-state index in [2.05, 4.69) is 15.3 Å². The Bertz CT molecular complexity index is 573. The van der Waals surface area contributed by atoms with Crippen LogP contribution in [-0.4, -0.2) is 20.2 Å². The van der Waals surface area contributed by atoms with E-state index in [1.54, 1.807) is 31.5 Å². The second-order valence-corrected chi connectivity index (χ2v) is 4.46. The molecule has 2 aromatic rings. The summed E-state index contributed by atoms with van der Waals surface area (Å²) in [6, 6.07) is 3.47. The molecule has 0 aromatic carbocycles. The lowest BCUT2D eigenvalue weighted by Gasteiger charge is -2.12. The SMILES string of the molecule is Cc1ncc(CO)c(CNc2ccc(Cl)nc2)c1O. The van der Waals surface area contributed by atoms with E-state index >= 15 is 0 Å². The predicted octanol–water partition coefficient (Wildman–Crippen LogP) is 2.25. The van der Waals surface area contributed by atoms with Crippen molar-refractivity contribution >= 4 is 17.3 Å². The number of anilines is 1. The number of hydrogen-bond acceptors (Lipinski definition) is 5. The Morgan fingerprint density at radius 2 is 2.05 bits per heavy atom. The highest BCUT2D eigenvalue weighted by molar-refractivity contribution is 6.29. The van der Waals surface area contributed by atoms with E-state index in [0.29, 0.717) is 28.5 Å². The summed E-state index contributed by atoms with van der Waals surface area (Å²) in [4.78, 5) is 7.96. The standard InChI is InChI=1S/C13H14ClN3O2/c1-8-13(19)11(9(7-18)4-15-8)6-16-10-2-3-12(14)17-5-10/h2-5,16,18-19H,6-7H2,1H3. The van der Waals surface area contributed by atoms with Gasteiger partial charge in [0.2, 0.25) is 0 Å². The highest BCUT2D eigenvalue weighted by Crippen LogP contribution is 2.24. The van der Waals surface area contributed by atoms with Gasteiger partial charge in [0.15, 0.2) is 0 Å². The number of rotatable bonds is 4. The van der Waals surface area contributed by atoms with Gasteiger partial charge in [-0.15, -0.1) is 0 Å². The Kier molecular flexibility index (Phi) is 4.19. The minimum atomic E-state index is -0.170. The van der Waals surface area contributed by atoms with Gasteiger partial charge in [0, 0.05) is 23.9 Å². The van der Waals surface area contributed by atoms with E-state index < -0.39 is 0 Å². The fourth-order valence-corrected chi connectivity index (χ4v) is 1.80. The number of aliphatic hydroxyl groups is 1. The minimum absolute atomic E-state index is 0.0981. The van der Waals surface area contributed by atoms with E-state index in [9.17, 15) is 10.2 Å². The molecule has 0 saturated carbocycles. The van der Waals surface area contributed by atoms with Crippen LogP contribution in [0, 0.1) is 6.92 Å². The van der Waals surface area contributed by atoms with Gasteiger partial charge in [-0.05, 0) is 19.1 Å². The molecule has 0 atom stereocenters. The summed E-state index contributed by atoms with van der Waals surface area (Å²) in [6.45, 7) is 1.91. The third-order valence-electron chi connectivity index (χ3n) is 2.80. The molecular formula is C13H14ClN3O2. The van der Waals surface area contributed by atoms with Crippen LogP contribution in [0.15, 0.2) is 24.5 Å². The second kappa shape index (κ2) is 5.86. The fraction of sp³-hybridized carbons (Fsp3) is 0.231. The third-order valence-corrected chi connectivity index (χ3v) is 3.02. The number of nitrogens with one attached hydrogen (secondary N) is 1. The van der Waals surface area contributed by atoms with E-state index in [-0.39, 0.29) is 12.4 Å². The smallest absolute Gasteiger partial charge is 0.142 e. The average Bonchev–Trinajstić information content (AvgIpc) is 2.42. The topological polar surface area (TPSA) is 78.3 Å². The summed E-state index contributed by atoms with van der Waals surface area (Å²) < 4.78 is 0. The molecule has 0 radical (unpaired) electrons. The number of halogens is 1. The molecule has 0 fully saturated rings. The molecule has 0 unspecified atom stereocenters. The molecular weight excluding hydrogens is 266 g/mol. The largest absolute Gasteiger partial charge is 0.506 e. The molecule has 2 heterocycles. The van der Waals surface area contributed by atoms with Crippen LogP contribution >= 0.6 is 11.6 Å². The molecule has 6 heteroatoms. The first-order valence-electron chi connectivity index (χ1n) is 5.74. The number of aliphatic hydroxyl groups excluding tert-OH is 1. The highest BCUT2D eigenvalue weighted by atomic mass is 35.5. The van der Waals surface area contributed by atoms with Crippen LogP contribution in [0.5, 0.6) is 5.75 Å². The maximum atomic E-state index is 9.98. The number of nitrogens with zero attached hydrogens (tertiary/aromatic N) is 2. The lowest BCUT2D eigenvalue weighted by molar-refractivity contribution is 0.279. The van der Waals surface area contributed by atoms with Gasteiger partial charge >= 0.3 is 0 Å². The maximum absolute atomic E-state index is 9.98. The zero-order valence-corrected chi connectivity index (χ0v) is 11.1. The molecule has 2 rings (SSSR count). The van der Waals surface area contributed by atoms with Gasteiger partial charge in [0.1, 0.15) is 10.9 Å². The van der Waals surface area contributed by atoms with Gasteiger partial charge in [0.25, 0.3) is 0 Å². The van der Waals surface area contributed by atoms with E-state index in [0.717, 1.165) is 5.69 Å². The van der Waals surface area contributed by atoms with E-state index in [1.807, 2.05) is 0 Å². The molecule has 0 spiro atoms. The molecule has 5 nitrogen and oxygen atoms in total. The molecule has 0 aliphatic heterocycles. The Labute approximate surface area is 115 Å². The van der Waals surface area contributed by atoms with Crippen molar-refractivity contribution in [2.75, 3.05) is 5.32 Å². The molecule has 0 amide bonds. The van der Waals surface area contributed by atoms with Crippen LogP contribution in [0.3, 0.4) is 0 Å². The van der Waals surface area contributed by atoms with Crippen molar-refractivity contribution in [1.82, 2.24) is 9.97 Å². The van der Waals surface area contributed by atoms with E-state index in [4.69, 9.17) is 11.6 Å². The molecule has 0 aliphatic rings. The minimum Gasteiger partial charge on any atom is -0.506 e. The predicted molar refractivity (Wildman–Crippen MR) is 73.1 cm³/mol. The van der Waals surface area contributed by atoms with E-state index in [1.165, 1.54) is 0 Å². The average molecular weight is 280 g/mol. The quantitative estimate of drug-likeness (QED) is 0.748. The first kappa shape index (κ1) is 13.6. The van der Waals surface area contributed by atoms with Crippen molar-refractivity contribution in [3.8, 4) is 5.75 Å². The summed E-state index contributed by atoms with van der Waals surface area (Å²) in [5.74, 6) is 0.0981. The molecule has 2 aromatic heterocycles. The molecule has 0 saturated heterocycles. The van der Waals surface area contributed by atoms with Gasteiger partial charge in [-0.2, -0.15) is 0 Å². The lowest BCUT2D eigenvalue weighted by Crippen LogP contribution is -2.05. The number of aryl methyl sites for hydroxylation is 1. The maximum Gasteiger partial charge on any atom is 0.142 e. The van der Waals surface area contributed by atoms with Crippen molar-refractivity contribution in [3.05, 3.63) is 46.5 Å². The zero-order valence-electron chi connectivity index (χ0n) is 10.4. The Morgan fingerprint density at radius 3 is 2.68 bits per heavy atom. The van der Waals surface area contributed by atoms with Crippen LogP contribution in [0.2, 0.25) is 5.15 Å². The highest BCUT2D eigenvalue weighted by Gasteiger charge is 2.11. The molecule has 100 valence electrons. The summed E-state index contributed by atoms with van der Waals surface area (Å²) in [6.07, 6.45) is 3.16. The number of hydrogen-bond donors (Lipinski definition) is 3. The lowest BCUT2D eigenvalue weighted by atomic mass is 10.1. The summed E-state index contributed by atoms with van der Waals surface area (Å²) in [5, 5.41) is 22.8. The number of pyridine rings is 2. The first-order valence-corrected chi connectivity index (χ1v) is 6.12. The number of aromatic nitrogens is 2. The monoisotopic (exact) mass is 279 g/mol. The van der Waals surface area contributed by atoms with Crippen molar-refractivity contribution in [2.45, 2.75) is 20.1 Å². The normalized spacial score (nSPS) is 10.5.